The lowest BCUT2D eigenvalue weighted by molar-refractivity contribution is -0.0500. The second kappa shape index (κ2) is 6.93. The number of thioether (sulfide) groups is 1. The maximum absolute atomic E-state index is 12.5. The molecule has 0 spiro atoms. The molecule has 1 atom stereocenters. The van der Waals surface area contributed by atoms with E-state index in [1.807, 2.05) is 12.1 Å². The average molecular weight is 296 g/mol. The summed E-state index contributed by atoms with van der Waals surface area (Å²) >= 11 is 1.65. The van der Waals surface area contributed by atoms with Gasteiger partial charge < -0.3 is 4.74 Å². The van der Waals surface area contributed by atoms with Gasteiger partial charge in [0.25, 0.3) is 0 Å². The predicted octanol–water partition coefficient (Wildman–Crippen LogP) is 5.70. The van der Waals surface area contributed by atoms with Crippen molar-refractivity contribution in [3.05, 3.63) is 46.9 Å². The molecule has 0 N–H and O–H groups in total. The van der Waals surface area contributed by atoms with Gasteiger partial charge in [0.15, 0.2) is 0 Å². The van der Waals surface area contributed by atoms with Crippen LogP contribution in [-0.2, 0) is 0 Å². The van der Waals surface area contributed by atoms with Crippen molar-refractivity contribution in [2.45, 2.75) is 33.3 Å². The Morgan fingerprint density at radius 1 is 1.35 bits per heavy atom. The van der Waals surface area contributed by atoms with Crippen LogP contribution in [0, 0.1) is 5.92 Å². The fraction of sp³-hybridized carbons (Fsp3) is 0.375. The Kier molecular flexibility index (Phi) is 5.24. The second-order valence-electron chi connectivity index (χ2n) is 4.74. The number of alkyl halides is 2. The number of hydrogen-bond acceptors (Lipinski definition) is 2. The molecular formula is C16H18F2OS. The van der Waals surface area contributed by atoms with Crippen LogP contribution >= 0.6 is 11.8 Å². The Morgan fingerprint density at radius 2 is 2.10 bits per heavy atom. The van der Waals surface area contributed by atoms with Gasteiger partial charge in [-0.15, -0.1) is 0 Å². The fourth-order valence-electron chi connectivity index (χ4n) is 2.12. The molecule has 1 aromatic rings. The Hall–Kier alpha value is -1.29. The maximum Gasteiger partial charge on any atom is 0.387 e. The molecular weight excluding hydrogens is 278 g/mol. The highest BCUT2D eigenvalue weighted by molar-refractivity contribution is 8.11. The van der Waals surface area contributed by atoms with Crippen molar-refractivity contribution in [1.82, 2.24) is 0 Å². The topological polar surface area (TPSA) is 9.23 Å². The van der Waals surface area contributed by atoms with Crippen LogP contribution < -0.4 is 4.74 Å². The molecule has 1 nitrogen and oxygen atoms in total. The summed E-state index contributed by atoms with van der Waals surface area (Å²) < 4.78 is 29.6. The molecule has 108 valence electrons. The molecule has 0 bridgehead atoms. The molecule has 0 aromatic heterocycles. The smallest absolute Gasteiger partial charge is 0.387 e. The van der Waals surface area contributed by atoms with Gasteiger partial charge in [-0.3, -0.25) is 0 Å². The van der Waals surface area contributed by atoms with E-state index in [1.54, 1.807) is 23.9 Å². The zero-order chi connectivity index (χ0) is 14.5. The summed E-state index contributed by atoms with van der Waals surface area (Å²) in [6.45, 7) is 1.47. The quantitative estimate of drug-likeness (QED) is 0.705. The van der Waals surface area contributed by atoms with Crippen molar-refractivity contribution in [2.24, 2.45) is 5.92 Å². The van der Waals surface area contributed by atoms with E-state index >= 15 is 0 Å². The van der Waals surface area contributed by atoms with Gasteiger partial charge in [0, 0.05) is 10.5 Å². The highest BCUT2D eigenvalue weighted by Crippen LogP contribution is 2.42. The SMILES string of the molecule is CCC1=CC(C)CC=C(c2ccccc2OC(F)F)S1. The van der Waals surface area contributed by atoms with Gasteiger partial charge in [-0.25, -0.2) is 0 Å². The van der Waals surface area contributed by atoms with E-state index < -0.39 is 6.61 Å². The molecule has 0 radical (unpaired) electrons. The van der Waals surface area contributed by atoms with Crippen molar-refractivity contribution >= 4 is 16.7 Å². The number of halogens is 2. The van der Waals surface area contributed by atoms with Crippen LogP contribution in [0.25, 0.3) is 4.91 Å². The lowest BCUT2D eigenvalue weighted by Crippen LogP contribution is -2.03. The van der Waals surface area contributed by atoms with Crippen LogP contribution in [0.2, 0.25) is 0 Å². The molecule has 0 saturated heterocycles. The maximum atomic E-state index is 12.5. The number of para-hydroxylation sites is 1. The fourth-order valence-corrected chi connectivity index (χ4v) is 3.30. The largest absolute Gasteiger partial charge is 0.434 e. The van der Waals surface area contributed by atoms with E-state index in [9.17, 15) is 8.78 Å². The molecule has 1 aliphatic rings. The van der Waals surface area contributed by atoms with Gasteiger partial charge in [-0.05, 0) is 29.7 Å². The molecule has 0 fully saturated rings. The van der Waals surface area contributed by atoms with E-state index in [2.05, 4.69) is 30.7 Å². The molecule has 4 heteroatoms. The van der Waals surface area contributed by atoms with Crippen molar-refractivity contribution in [3.8, 4) is 5.75 Å². The van der Waals surface area contributed by atoms with Gasteiger partial charge in [-0.2, -0.15) is 8.78 Å². The first-order valence-corrected chi connectivity index (χ1v) is 7.54. The minimum absolute atomic E-state index is 0.242. The van der Waals surface area contributed by atoms with Crippen LogP contribution in [0.4, 0.5) is 8.78 Å². The van der Waals surface area contributed by atoms with Crippen LogP contribution in [-0.4, -0.2) is 6.61 Å². The van der Waals surface area contributed by atoms with Gasteiger partial charge in [0.2, 0.25) is 0 Å². The summed E-state index contributed by atoms with van der Waals surface area (Å²) in [6.07, 6.45) is 6.23. The Bertz CT molecular complexity index is 523. The highest BCUT2D eigenvalue weighted by atomic mass is 32.2. The van der Waals surface area contributed by atoms with Crippen molar-refractivity contribution in [2.75, 3.05) is 0 Å². The molecule has 1 aromatic carbocycles. The van der Waals surface area contributed by atoms with Crippen molar-refractivity contribution in [1.29, 1.82) is 0 Å². The number of ether oxygens (including phenoxy) is 1. The molecule has 0 amide bonds. The van der Waals surface area contributed by atoms with Gasteiger partial charge in [0.1, 0.15) is 5.75 Å². The van der Waals surface area contributed by atoms with Crippen molar-refractivity contribution in [3.63, 3.8) is 0 Å². The third-order valence-electron chi connectivity index (χ3n) is 3.10. The van der Waals surface area contributed by atoms with Crippen LogP contribution in [0.1, 0.15) is 32.3 Å². The molecule has 1 unspecified atom stereocenters. The third kappa shape index (κ3) is 3.85. The Morgan fingerprint density at radius 3 is 2.80 bits per heavy atom. The van der Waals surface area contributed by atoms with E-state index in [4.69, 9.17) is 0 Å². The number of hydrogen-bond donors (Lipinski definition) is 0. The summed E-state index contributed by atoms with van der Waals surface area (Å²) in [7, 11) is 0. The zero-order valence-corrected chi connectivity index (χ0v) is 12.4. The normalized spacial score (nSPS) is 19.4. The summed E-state index contributed by atoms with van der Waals surface area (Å²) in [5.41, 5.74) is 0.742. The standard InChI is InChI=1S/C16H18F2OS/c1-3-12-10-11(2)8-9-15(20-12)13-6-4-5-7-14(13)19-16(17)18/h4-7,9-11,16H,3,8H2,1-2H3. The average Bonchev–Trinajstić information content (AvgIpc) is 2.60. The number of rotatable bonds is 4. The van der Waals surface area contributed by atoms with E-state index in [1.165, 1.54) is 4.91 Å². The molecule has 0 saturated carbocycles. The van der Waals surface area contributed by atoms with Gasteiger partial charge in [0.05, 0.1) is 0 Å². The Labute approximate surface area is 122 Å². The number of allylic oxidation sites excluding steroid dienone is 3. The van der Waals surface area contributed by atoms with Crippen molar-refractivity contribution < 1.29 is 13.5 Å². The van der Waals surface area contributed by atoms with Crippen LogP contribution in [0.3, 0.4) is 0 Å². The first kappa shape index (κ1) is 15.1. The van der Waals surface area contributed by atoms with Crippen LogP contribution in [0.15, 0.2) is 41.3 Å². The second-order valence-corrected chi connectivity index (χ2v) is 5.91. The monoisotopic (exact) mass is 296 g/mol. The number of benzene rings is 1. The lowest BCUT2D eigenvalue weighted by Gasteiger charge is -2.13. The van der Waals surface area contributed by atoms with E-state index in [-0.39, 0.29) is 5.75 Å². The molecule has 2 rings (SSSR count). The molecule has 1 heterocycles. The van der Waals surface area contributed by atoms with Crippen LogP contribution in [0.5, 0.6) is 5.75 Å². The summed E-state index contributed by atoms with van der Waals surface area (Å²) in [6, 6.07) is 6.98. The summed E-state index contributed by atoms with van der Waals surface area (Å²) in [5, 5.41) is 0. The summed E-state index contributed by atoms with van der Waals surface area (Å²) in [4.78, 5) is 2.27. The minimum Gasteiger partial charge on any atom is -0.434 e. The van der Waals surface area contributed by atoms with Gasteiger partial charge >= 0.3 is 6.61 Å². The van der Waals surface area contributed by atoms with E-state index in [0.717, 1.165) is 23.3 Å². The lowest BCUT2D eigenvalue weighted by atomic mass is 10.1. The minimum atomic E-state index is -2.80. The van der Waals surface area contributed by atoms with E-state index in [0.29, 0.717) is 5.92 Å². The molecule has 1 aliphatic heterocycles. The molecule has 20 heavy (non-hydrogen) atoms. The first-order chi connectivity index (χ1) is 9.60. The predicted molar refractivity (Wildman–Crippen MR) is 80.8 cm³/mol. The Balaban J connectivity index is 2.33. The van der Waals surface area contributed by atoms with Gasteiger partial charge in [-0.1, -0.05) is 56.0 Å². The summed E-state index contributed by atoms with van der Waals surface area (Å²) in [5.74, 6) is 0.712. The first-order valence-electron chi connectivity index (χ1n) is 6.73. The highest BCUT2D eigenvalue weighted by Gasteiger charge is 2.16. The zero-order valence-electron chi connectivity index (χ0n) is 11.6. The third-order valence-corrected chi connectivity index (χ3v) is 4.40. The molecule has 0 aliphatic carbocycles.